The average molecular weight is 454 g/mol. The van der Waals surface area contributed by atoms with E-state index < -0.39 is 35.8 Å². The molecule has 0 unspecified atom stereocenters. The molecule has 3 rings (SSSR count). The fraction of sp³-hybridized carbons (Fsp3) is 0.333. The van der Waals surface area contributed by atoms with Gasteiger partial charge in [-0.15, -0.1) is 0 Å². The SMILES string of the molecule is COC(=O)C[C@H](NC(=O)[C@@H](C)N1C(=O)c2ccc(C)cc2C1=O)c1ccc(OC)c(OC)c1. The lowest BCUT2D eigenvalue weighted by Gasteiger charge is -2.25. The van der Waals surface area contributed by atoms with Crippen LogP contribution in [-0.2, 0) is 14.3 Å². The van der Waals surface area contributed by atoms with Gasteiger partial charge >= 0.3 is 5.97 Å². The second-order valence-corrected chi connectivity index (χ2v) is 7.66. The fourth-order valence-corrected chi connectivity index (χ4v) is 3.71. The van der Waals surface area contributed by atoms with E-state index in [0.717, 1.165) is 10.5 Å². The molecule has 0 radical (unpaired) electrons. The number of esters is 1. The van der Waals surface area contributed by atoms with Crippen molar-refractivity contribution in [2.75, 3.05) is 21.3 Å². The minimum Gasteiger partial charge on any atom is -0.493 e. The first kappa shape index (κ1) is 23.8. The van der Waals surface area contributed by atoms with Crippen molar-refractivity contribution < 1.29 is 33.4 Å². The van der Waals surface area contributed by atoms with Crippen LogP contribution < -0.4 is 14.8 Å². The van der Waals surface area contributed by atoms with E-state index in [1.54, 1.807) is 36.4 Å². The lowest BCUT2D eigenvalue weighted by Crippen LogP contribution is -2.48. The average Bonchev–Trinajstić information content (AvgIpc) is 3.06. The number of methoxy groups -OCH3 is 3. The lowest BCUT2D eigenvalue weighted by atomic mass is 10.0. The Morgan fingerprint density at radius 2 is 1.61 bits per heavy atom. The van der Waals surface area contributed by atoms with Crippen molar-refractivity contribution in [3.05, 3.63) is 58.7 Å². The minimum absolute atomic E-state index is 0.161. The normalized spacial score (nSPS) is 14.4. The summed E-state index contributed by atoms with van der Waals surface area (Å²) in [5.74, 6) is -1.30. The van der Waals surface area contributed by atoms with Gasteiger partial charge < -0.3 is 19.5 Å². The molecule has 1 aliphatic heterocycles. The van der Waals surface area contributed by atoms with Gasteiger partial charge in [0.25, 0.3) is 11.8 Å². The Bertz CT molecular complexity index is 1110. The van der Waals surface area contributed by atoms with E-state index in [2.05, 4.69) is 5.32 Å². The van der Waals surface area contributed by atoms with Crippen LogP contribution in [0.5, 0.6) is 11.5 Å². The zero-order valence-corrected chi connectivity index (χ0v) is 19.1. The number of amides is 3. The van der Waals surface area contributed by atoms with Gasteiger partial charge in [-0.3, -0.25) is 24.1 Å². The highest BCUT2D eigenvalue weighted by Crippen LogP contribution is 2.31. The molecule has 9 heteroatoms. The highest BCUT2D eigenvalue weighted by Gasteiger charge is 2.41. The molecule has 0 saturated carbocycles. The number of fused-ring (bicyclic) bond motifs is 1. The second kappa shape index (κ2) is 9.72. The summed E-state index contributed by atoms with van der Waals surface area (Å²) in [5.41, 5.74) is 1.93. The van der Waals surface area contributed by atoms with Crippen LogP contribution in [0.2, 0.25) is 0 Å². The third kappa shape index (κ3) is 4.67. The molecule has 1 aliphatic rings. The molecule has 2 atom stereocenters. The van der Waals surface area contributed by atoms with Gasteiger partial charge in [0, 0.05) is 0 Å². The summed E-state index contributed by atoms with van der Waals surface area (Å²) in [4.78, 5) is 51.7. The number of aryl methyl sites for hydroxylation is 1. The van der Waals surface area contributed by atoms with E-state index in [4.69, 9.17) is 14.2 Å². The summed E-state index contributed by atoms with van der Waals surface area (Å²) < 4.78 is 15.3. The third-order valence-corrected chi connectivity index (χ3v) is 5.57. The van der Waals surface area contributed by atoms with Crippen LogP contribution in [0.3, 0.4) is 0 Å². The van der Waals surface area contributed by atoms with Crippen molar-refractivity contribution in [3.63, 3.8) is 0 Å². The van der Waals surface area contributed by atoms with Gasteiger partial charge in [-0.1, -0.05) is 17.7 Å². The highest BCUT2D eigenvalue weighted by molar-refractivity contribution is 6.22. The maximum Gasteiger partial charge on any atom is 0.307 e. The number of hydrogen-bond acceptors (Lipinski definition) is 7. The summed E-state index contributed by atoms with van der Waals surface area (Å²) in [7, 11) is 4.22. The maximum atomic E-state index is 13.1. The van der Waals surface area contributed by atoms with Crippen LogP contribution in [0.4, 0.5) is 0 Å². The van der Waals surface area contributed by atoms with E-state index in [9.17, 15) is 19.2 Å². The Morgan fingerprint density at radius 1 is 0.939 bits per heavy atom. The van der Waals surface area contributed by atoms with Crippen molar-refractivity contribution in [3.8, 4) is 11.5 Å². The number of nitrogens with zero attached hydrogens (tertiary/aromatic N) is 1. The molecule has 3 amide bonds. The Labute approximate surface area is 191 Å². The Kier molecular flexibility index (Phi) is 7.01. The van der Waals surface area contributed by atoms with Crippen LogP contribution in [0.1, 0.15) is 51.2 Å². The summed E-state index contributed by atoms with van der Waals surface area (Å²) in [6, 6.07) is 8.04. The molecular formula is C24H26N2O7. The third-order valence-electron chi connectivity index (χ3n) is 5.57. The minimum atomic E-state index is -1.10. The summed E-state index contributed by atoms with van der Waals surface area (Å²) in [5, 5.41) is 2.76. The predicted molar refractivity (Wildman–Crippen MR) is 118 cm³/mol. The van der Waals surface area contributed by atoms with Crippen molar-refractivity contribution in [2.24, 2.45) is 0 Å². The van der Waals surface area contributed by atoms with Crippen LogP contribution in [-0.4, -0.2) is 56.0 Å². The number of ether oxygens (including phenoxy) is 3. The van der Waals surface area contributed by atoms with Crippen LogP contribution >= 0.6 is 0 Å². The van der Waals surface area contributed by atoms with E-state index in [1.165, 1.54) is 28.3 Å². The molecule has 33 heavy (non-hydrogen) atoms. The van der Waals surface area contributed by atoms with Gasteiger partial charge in [0.2, 0.25) is 5.91 Å². The van der Waals surface area contributed by atoms with Crippen molar-refractivity contribution in [1.29, 1.82) is 0 Å². The summed E-state index contributed by atoms with van der Waals surface area (Å²) in [6.45, 7) is 3.28. The molecule has 0 saturated heterocycles. The first-order valence-electron chi connectivity index (χ1n) is 10.3. The van der Waals surface area contributed by atoms with E-state index in [0.29, 0.717) is 17.1 Å². The number of carbonyl (C=O) groups is 4. The van der Waals surface area contributed by atoms with E-state index in [1.807, 2.05) is 6.92 Å². The summed E-state index contributed by atoms with van der Waals surface area (Å²) in [6.07, 6.45) is -0.161. The van der Waals surface area contributed by atoms with Gasteiger partial charge in [0.15, 0.2) is 11.5 Å². The lowest BCUT2D eigenvalue weighted by molar-refractivity contribution is -0.141. The van der Waals surface area contributed by atoms with E-state index in [-0.39, 0.29) is 17.5 Å². The van der Waals surface area contributed by atoms with Crippen molar-refractivity contribution >= 4 is 23.7 Å². The first-order chi connectivity index (χ1) is 15.7. The van der Waals surface area contributed by atoms with Crippen LogP contribution in [0.25, 0.3) is 0 Å². The predicted octanol–water partition coefficient (Wildman–Crippen LogP) is 2.42. The first-order valence-corrected chi connectivity index (χ1v) is 10.3. The molecule has 9 nitrogen and oxygen atoms in total. The largest absolute Gasteiger partial charge is 0.493 e. The zero-order valence-electron chi connectivity index (χ0n) is 19.1. The molecule has 1 N–H and O–H groups in total. The number of rotatable bonds is 8. The molecule has 0 aromatic heterocycles. The molecular weight excluding hydrogens is 428 g/mol. The summed E-state index contributed by atoms with van der Waals surface area (Å²) >= 11 is 0. The molecule has 0 aliphatic carbocycles. The van der Waals surface area contributed by atoms with Crippen molar-refractivity contribution in [1.82, 2.24) is 10.2 Å². The number of carbonyl (C=O) groups excluding carboxylic acids is 4. The molecule has 2 aromatic carbocycles. The fourth-order valence-electron chi connectivity index (χ4n) is 3.71. The van der Waals surface area contributed by atoms with E-state index >= 15 is 0 Å². The topological polar surface area (TPSA) is 111 Å². The van der Waals surface area contributed by atoms with Gasteiger partial charge in [0.05, 0.1) is 44.9 Å². The molecule has 0 fully saturated rings. The van der Waals surface area contributed by atoms with Gasteiger partial charge in [-0.2, -0.15) is 0 Å². The molecule has 1 heterocycles. The standard InChI is InChI=1S/C24H26N2O7/c1-13-6-8-16-17(10-13)24(30)26(23(16)29)14(2)22(28)25-18(12-21(27)33-5)15-7-9-19(31-3)20(11-15)32-4/h6-11,14,18H,12H2,1-5H3,(H,25,28)/t14-,18+/m1/s1. The van der Waals surface area contributed by atoms with Crippen molar-refractivity contribution in [2.45, 2.75) is 32.4 Å². The van der Waals surface area contributed by atoms with Gasteiger partial charge in [-0.05, 0) is 43.7 Å². The smallest absolute Gasteiger partial charge is 0.307 e. The number of nitrogens with one attached hydrogen (secondary N) is 1. The van der Waals surface area contributed by atoms with Gasteiger partial charge in [-0.25, -0.2) is 0 Å². The number of hydrogen-bond donors (Lipinski definition) is 1. The second-order valence-electron chi connectivity index (χ2n) is 7.66. The van der Waals surface area contributed by atoms with Crippen LogP contribution in [0.15, 0.2) is 36.4 Å². The van der Waals surface area contributed by atoms with Gasteiger partial charge in [0.1, 0.15) is 6.04 Å². The quantitative estimate of drug-likeness (QED) is 0.482. The molecule has 0 spiro atoms. The molecule has 2 aromatic rings. The number of benzene rings is 2. The molecule has 174 valence electrons. The van der Waals surface area contributed by atoms with Crippen LogP contribution in [0, 0.1) is 6.92 Å². The maximum absolute atomic E-state index is 13.1. The Hall–Kier alpha value is -3.88. The molecule has 0 bridgehead atoms. The Morgan fingerprint density at radius 3 is 2.24 bits per heavy atom. The zero-order chi connectivity index (χ0) is 24.3. The Balaban J connectivity index is 1.86. The highest BCUT2D eigenvalue weighted by atomic mass is 16.5. The monoisotopic (exact) mass is 454 g/mol. The number of imide groups is 1.